The molecule has 0 amide bonds. The molecule has 0 atom stereocenters. The predicted molar refractivity (Wildman–Crippen MR) is 58.9 cm³/mol. The molecule has 3 rings (SSSR count). The van der Waals surface area contributed by atoms with Crippen LogP contribution in [0.4, 0.5) is 5.82 Å². The Balaban J connectivity index is 2.27. The van der Waals surface area contributed by atoms with E-state index in [1.807, 2.05) is 18.3 Å². The number of rotatable bonds is 1. The Labute approximate surface area is 90.8 Å². The lowest BCUT2D eigenvalue weighted by molar-refractivity contribution is 1.00. The highest BCUT2D eigenvalue weighted by atomic mass is 15.1. The van der Waals surface area contributed by atoms with Gasteiger partial charge in [-0.2, -0.15) is 0 Å². The van der Waals surface area contributed by atoms with Crippen LogP contribution in [0, 0.1) is 0 Å². The van der Waals surface area contributed by atoms with Gasteiger partial charge in [0.2, 0.25) is 0 Å². The summed E-state index contributed by atoms with van der Waals surface area (Å²) >= 11 is 0. The Kier molecular flexibility index (Phi) is 1.79. The van der Waals surface area contributed by atoms with E-state index >= 15 is 0 Å². The van der Waals surface area contributed by atoms with Crippen molar-refractivity contribution in [3.63, 3.8) is 0 Å². The van der Waals surface area contributed by atoms with Crippen LogP contribution in [0.15, 0.2) is 37.2 Å². The quantitative estimate of drug-likeness (QED) is 0.644. The molecule has 78 valence electrons. The number of imidazole rings is 1. The summed E-state index contributed by atoms with van der Waals surface area (Å²) in [5, 5.41) is 0. The maximum absolute atomic E-state index is 5.74. The first-order valence-electron chi connectivity index (χ1n) is 4.70. The lowest BCUT2D eigenvalue weighted by atomic mass is 10.3. The smallest absolute Gasteiger partial charge is 0.153 e. The van der Waals surface area contributed by atoms with Crippen molar-refractivity contribution in [1.29, 1.82) is 0 Å². The zero-order valence-corrected chi connectivity index (χ0v) is 8.28. The Morgan fingerprint density at radius 3 is 2.94 bits per heavy atom. The first-order chi connectivity index (χ1) is 7.84. The van der Waals surface area contributed by atoms with Gasteiger partial charge in [-0.15, -0.1) is 0 Å². The van der Waals surface area contributed by atoms with E-state index in [0.29, 0.717) is 11.3 Å². The molecule has 0 radical (unpaired) electrons. The second-order valence-corrected chi connectivity index (χ2v) is 3.27. The van der Waals surface area contributed by atoms with Crippen LogP contribution in [-0.4, -0.2) is 24.5 Å². The number of hydrogen-bond acceptors (Lipinski definition) is 5. The summed E-state index contributed by atoms with van der Waals surface area (Å²) in [6.45, 7) is 0. The zero-order valence-electron chi connectivity index (χ0n) is 8.28. The second kappa shape index (κ2) is 3.27. The van der Waals surface area contributed by atoms with Crippen LogP contribution in [0.5, 0.6) is 0 Å². The number of fused-ring (bicyclic) bond motifs is 1. The highest BCUT2D eigenvalue weighted by Crippen LogP contribution is 2.15. The summed E-state index contributed by atoms with van der Waals surface area (Å²) in [6.07, 6.45) is 6.61. The van der Waals surface area contributed by atoms with Gasteiger partial charge < -0.3 is 5.73 Å². The first-order valence-corrected chi connectivity index (χ1v) is 4.70. The monoisotopic (exact) mass is 212 g/mol. The maximum Gasteiger partial charge on any atom is 0.153 e. The molecule has 16 heavy (non-hydrogen) atoms. The van der Waals surface area contributed by atoms with Crippen molar-refractivity contribution in [3.05, 3.63) is 37.2 Å². The van der Waals surface area contributed by atoms with E-state index in [9.17, 15) is 0 Å². The Morgan fingerprint density at radius 1 is 1.19 bits per heavy atom. The number of hydrogen-bond donors (Lipinski definition) is 1. The Morgan fingerprint density at radius 2 is 2.12 bits per heavy atom. The fraction of sp³-hybridized carbons (Fsp3) is 0. The number of nitrogens with zero attached hydrogens (tertiary/aromatic N) is 5. The standard InChI is InChI=1S/C10H8N6/c11-10-9-7(13-5-14-10)1-2-8(15-9)16-4-3-12-6-16/h1-6H,(H2,11,13,14). The fourth-order valence-electron chi connectivity index (χ4n) is 1.49. The third-order valence-electron chi connectivity index (χ3n) is 2.26. The van der Waals surface area contributed by atoms with Crippen molar-refractivity contribution in [2.24, 2.45) is 0 Å². The average molecular weight is 212 g/mol. The first kappa shape index (κ1) is 8.78. The molecule has 0 saturated heterocycles. The number of pyridine rings is 1. The average Bonchev–Trinajstić information content (AvgIpc) is 2.83. The van der Waals surface area contributed by atoms with Crippen molar-refractivity contribution in [2.75, 3.05) is 5.73 Å². The molecule has 0 aliphatic carbocycles. The summed E-state index contributed by atoms with van der Waals surface area (Å²) in [7, 11) is 0. The molecule has 0 aliphatic heterocycles. The Hall–Kier alpha value is -2.50. The molecule has 0 aromatic carbocycles. The van der Waals surface area contributed by atoms with Crippen LogP contribution in [0.3, 0.4) is 0 Å². The van der Waals surface area contributed by atoms with Crippen molar-refractivity contribution in [1.82, 2.24) is 24.5 Å². The van der Waals surface area contributed by atoms with Crippen molar-refractivity contribution < 1.29 is 0 Å². The summed E-state index contributed by atoms with van der Waals surface area (Å²) in [5.74, 6) is 1.12. The van der Waals surface area contributed by atoms with Crippen molar-refractivity contribution in [2.45, 2.75) is 0 Å². The maximum atomic E-state index is 5.74. The van der Waals surface area contributed by atoms with Gasteiger partial charge in [0.15, 0.2) is 5.82 Å². The molecule has 0 spiro atoms. The van der Waals surface area contributed by atoms with Gasteiger partial charge >= 0.3 is 0 Å². The largest absolute Gasteiger partial charge is 0.382 e. The van der Waals surface area contributed by atoms with Crippen LogP contribution in [-0.2, 0) is 0 Å². The van der Waals surface area contributed by atoms with Crippen LogP contribution in [0.25, 0.3) is 16.9 Å². The van der Waals surface area contributed by atoms with E-state index < -0.39 is 0 Å². The minimum Gasteiger partial charge on any atom is -0.382 e. The molecular weight excluding hydrogens is 204 g/mol. The minimum atomic E-state index is 0.381. The van der Waals surface area contributed by atoms with E-state index in [0.717, 1.165) is 11.3 Å². The zero-order chi connectivity index (χ0) is 11.0. The van der Waals surface area contributed by atoms with Gasteiger partial charge in [-0.3, -0.25) is 4.57 Å². The van der Waals surface area contributed by atoms with Gasteiger partial charge in [0.25, 0.3) is 0 Å². The van der Waals surface area contributed by atoms with E-state index in [1.54, 1.807) is 17.1 Å². The number of anilines is 1. The molecular formula is C10H8N6. The van der Waals surface area contributed by atoms with Crippen LogP contribution >= 0.6 is 0 Å². The van der Waals surface area contributed by atoms with E-state index in [2.05, 4.69) is 19.9 Å². The summed E-state index contributed by atoms with van der Waals surface area (Å²) in [5.41, 5.74) is 7.08. The van der Waals surface area contributed by atoms with Gasteiger partial charge in [0, 0.05) is 12.4 Å². The number of nitrogen functional groups attached to an aromatic ring is 1. The van der Waals surface area contributed by atoms with Crippen molar-refractivity contribution in [3.8, 4) is 5.82 Å². The van der Waals surface area contributed by atoms with E-state index in [4.69, 9.17) is 5.73 Å². The molecule has 0 bridgehead atoms. The molecule has 3 heterocycles. The van der Waals surface area contributed by atoms with Gasteiger partial charge in [-0.25, -0.2) is 19.9 Å². The van der Waals surface area contributed by atoms with Crippen molar-refractivity contribution >= 4 is 16.9 Å². The molecule has 6 heteroatoms. The van der Waals surface area contributed by atoms with E-state index in [-0.39, 0.29) is 0 Å². The lowest BCUT2D eigenvalue weighted by Crippen LogP contribution is -1.99. The van der Waals surface area contributed by atoms with Crippen LogP contribution < -0.4 is 5.73 Å². The third-order valence-corrected chi connectivity index (χ3v) is 2.26. The number of aromatic nitrogens is 5. The third kappa shape index (κ3) is 1.28. The Bertz CT molecular complexity index is 631. The highest BCUT2D eigenvalue weighted by molar-refractivity contribution is 5.84. The molecule has 3 aromatic rings. The summed E-state index contributed by atoms with van der Waals surface area (Å²) in [6, 6.07) is 3.71. The van der Waals surface area contributed by atoms with Gasteiger partial charge in [-0.1, -0.05) is 0 Å². The van der Waals surface area contributed by atoms with E-state index in [1.165, 1.54) is 6.33 Å². The predicted octanol–water partition coefficient (Wildman–Crippen LogP) is 0.793. The van der Waals surface area contributed by atoms with Crippen LogP contribution in [0.1, 0.15) is 0 Å². The molecule has 0 fully saturated rings. The minimum absolute atomic E-state index is 0.381. The lowest BCUT2D eigenvalue weighted by Gasteiger charge is -2.03. The molecule has 0 aliphatic rings. The summed E-state index contributed by atoms with van der Waals surface area (Å²) in [4.78, 5) is 16.3. The van der Waals surface area contributed by atoms with Gasteiger partial charge in [-0.05, 0) is 12.1 Å². The molecule has 6 nitrogen and oxygen atoms in total. The normalized spacial score (nSPS) is 10.8. The fourth-order valence-corrected chi connectivity index (χ4v) is 1.49. The highest BCUT2D eigenvalue weighted by Gasteiger charge is 2.04. The molecule has 3 aromatic heterocycles. The summed E-state index contributed by atoms with van der Waals surface area (Å²) < 4.78 is 1.80. The SMILES string of the molecule is Nc1ncnc2ccc(-n3ccnc3)nc12. The second-order valence-electron chi connectivity index (χ2n) is 3.27. The van der Waals surface area contributed by atoms with Gasteiger partial charge in [0.1, 0.15) is 24.0 Å². The van der Waals surface area contributed by atoms with Gasteiger partial charge in [0.05, 0.1) is 5.52 Å². The van der Waals surface area contributed by atoms with Crippen LogP contribution in [0.2, 0.25) is 0 Å². The molecule has 0 unspecified atom stereocenters. The molecule has 2 N–H and O–H groups in total. The topological polar surface area (TPSA) is 82.5 Å². The molecule has 0 saturated carbocycles. The number of nitrogens with two attached hydrogens (primary N) is 1.